The Morgan fingerprint density at radius 3 is 2.82 bits per heavy atom. The fourth-order valence-electron chi connectivity index (χ4n) is 1.60. The highest BCUT2D eigenvalue weighted by atomic mass is 32.1. The molecule has 0 unspecified atom stereocenters. The van der Waals surface area contributed by atoms with Gasteiger partial charge in [0, 0.05) is 17.5 Å². The summed E-state index contributed by atoms with van der Waals surface area (Å²) in [7, 11) is 0. The first-order valence-corrected chi connectivity index (χ1v) is 6.09. The van der Waals surface area contributed by atoms with Gasteiger partial charge in [-0.15, -0.1) is 11.3 Å². The van der Waals surface area contributed by atoms with Crippen LogP contribution in [-0.4, -0.2) is 10.9 Å². The van der Waals surface area contributed by atoms with Crippen molar-refractivity contribution in [3.05, 3.63) is 40.9 Å². The van der Waals surface area contributed by atoms with Crippen LogP contribution in [-0.2, 0) is 17.8 Å². The van der Waals surface area contributed by atoms with Crippen molar-refractivity contribution >= 4 is 17.2 Å². The van der Waals surface area contributed by atoms with Gasteiger partial charge in [-0.25, -0.2) is 4.98 Å². The Morgan fingerprint density at radius 1 is 1.35 bits per heavy atom. The molecule has 0 bridgehead atoms. The van der Waals surface area contributed by atoms with Crippen molar-refractivity contribution < 1.29 is 4.79 Å². The summed E-state index contributed by atoms with van der Waals surface area (Å²) in [4.78, 5) is 15.2. The first-order valence-electron chi connectivity index (χ1n) is 5.21. The van der Waals surface area contributed by atoms with Crippen LogP contribution in [0.1, 0.15) is 11.3 Å². The molecular formula is C12H13N3OS. The average Bonchev–Trinajstić information content (AvgIpc) is 2.76. The first-order chi connectivity index (χ1) is 8.20. The van der Waals surface area contributed by atoms with E-state index in [9.17, 15) is 4.79 Å². The summed E-state index contributed by atoms with van der Waals surface area (Å²) in [6.07, 6.45) is 0.182. The average molecular weight is 247 g/mol. The number of benzene rings is 1. The molecule has 1 aromatic carbocycles. The Hall–Kier alpha value is -1.72. The number of hydrogen-bond donors (Lipinski definition) is 2. The number of amides is 1. The van der Waals surface area contributed by atoms with E-state index in [1.54, 1.807) is 0 Å². The molecule has 0 fully saturated rings. The molecule has 0 atom stereocenters. The van der Waals surface area contributed by atoms with E-state index < -0.39 is 0 Å². The summed E-state index contributed by atoms with van der Waals surface area (Å²) in [5.74, 6) is -0.367. The van der Waals surface area contributed by atoms with Crippen molar-refractivity contribution in [3.8, 4) is 10.6 Å². The third-order valence-corrected chi connectivity index (χ3v) is 3.30. The van der Waals surface area contributed by atoms with Gasteiger partial charge < -0.3 is 11.5 Å². The van der Waals surface area contributed by atoms with Crippen molar-refractivity contribution in [1.29, 1.82) is 0 Å². The van der Waals surface area contributed by atoms with E-state index in [1.807, 2.05) is 29.6 Å². The number of hydrogen-bond acceptors (Lipinski definition) is 4. The van der Waals surface area contributed by atoms with Gasteiger partial charge in [-0.2, -0.15) is 0 Å². The highest BCUT2D eigenvalue weighted by Gasteiger charge is 2.09. The van der Waals surface area contributed by atoms with Crippen molar-refractivity contribution in [2.45, 2.75) is 13.0 Å². The van der Waals surface area contributed by atoms with E-state index in [1.165, 1.54) is 11.3 Å². The van der Waals surface area contributed by atoms with Crippen LogP contribution in [0.2, 0.25) is 0 Å². The Labute approximate surface area is 103 Å². The summed E-state index contributed by atoms with van der Waals surface area (Å²) >= 11 is 1.50. The van der Waals surface area contributed by atoms with Gasteiger partial charge in [-0.05, 0) is 5.56 Å². The smallest absolute Gasteiger partial charge is 0.223 e. The van der Waals surface area contributed by atoms with E-state index >= 15 is 0 Å². The summed E-state index contributed by atoms with van der Waals surface area (Å²) in [5.41, 5.74) is 13.6. The fraction of sp³-hybridized carbons (Fsp3) is 0.167. The summed E-state index contributed by atoms with van der Waals surface area (Å²) < 4.78 is 0. The topological polar surface area (TPSA) is 82.0 Å². The molecule has 0 saturated carbocycles. The quantitative estimate of drug-likeness (QED) is 0.854. The molecule has 0 aliphatic heterocycles. The van der Waals surface area contributed by atoms with Gasteiger partial charge in [-0.3, -0.25) is 4.79 Å². The van der Waals surface area contributed by atoms with Gasteiger partial charge in [-0.1, -0.05) is 24.3 Å². The van der Waals surface area contributed by atoms with Gasteiger partial charge in [0.2, 0.25) is 5.91 Å². The van der Waals surface area contributed by atoms with Gasteiger partial charge >= 0.3 is 0 Å². The van der Waals surface area contributed by atoms with Crippen LogP contribution in [0.5, 0.6) is 0 Å². The molecule has 1 amide bonds. The lowest BCUT2D eigenvalue weighted by atomic mass is 10.1. The molecule has 0 spiro atoms. The van der Waals surface area contributed by atoms with Crippen LogP contribution in [0.3, 0.4) is 0 Å². The number of nitrogens with zero attached hydrogens (tertiary/aromatic N) is 1. The number of primary amides is 1. The standard InChI is InChI=1S/C12H13N3OS/c13-6-8-3-1-2-4-10(8)12-15-9(7-17-12)5-11(14)16/h1-4,7H,5-6,13H2,(H2,14,16). The van der Waals surface area contributed by atoms with Crippen molar-refractivity contribution in [1.82, 2.24) is 4.98 Å². The Morgan fingerprint density at radius 2 is 2.12 bits per heavy atom. The maximum atomic E-state index is 10.8. The Kier molecular flexibility index (Phi) is 3.51. The highest BCUT2D eigenvalue weighted by molar-refractivity contribution is 7.13. The zero-order chi connectivity index (χ0) is 12.3. The number of carbonyl (C=O) groups excluding carboxylic acids is 1. The molecule has 1 aromatic heterocycles. The van der Waals surface area contributed by atoms with Crippen LogP contribution >= 0.6 is 11.3 Å². The second-order valence-corrected chi connectivity index (χ2v) is 4.51. The minimum atomic E-state index is -0.367. The van der Waals surface area contributed by atoms with E-state index in [2.05, 4.69) is 4.98 Å². The third kappa shape index (κ3) is 2.69. The normalized spacial score (nSPS) is 10.4. The van der Waals surface area contributed by atoms with Gasteiger partial charge in [0.25, 0.3) is 0 Å². The fourth-order valence-corrected chi connectivity index (χ4v) is 2.48. The molecule has 4 nitrogen and oxygen atoms in total. The SMILES string of the molecule is NCc1ccccc1-c1nc(CC(N)=O)cs1. The van der Waals surface area contributed by atoms with Crippen molar-refractivity contribution in [2.24, 2.45) is 11.5 Å². The van der Waals surface area contributed by atoms with Crippen LogP contribution < -0.4 is 11.5 Å². The second kappa shape index (κ2) is 5.07. The van der Waals surface area contributed by atoms with E-state index in [0.717, 1.165) is 16.1 Å². The number of carbonyl (C=O) groups is 1. The summed E-state index contributed by atoms with van der Waals surface area (Å²) in [6.45, 7) is 0.473. The molecule has 2 rings (SSSR count). The molecule has 88 valence electrons. The molecular weight excluding hydrogens is 234 g/mol. The minimum absolute atomic E-state index is 0.182. The molecule has 0 saturated heterocycles. The van der Waals surface area contributed by atoms with Crippen molar-refractivity contribution in [3.63, 3.8) is 0 Å². The lowest BCUT2D eigenvalue weighted by Gasteiger charge is -2.03. The van der Waals surface area contributed by atoms with Gasteiger partial charge in [0.05, 0.1) is 12.1 Å². The second-order valence-electron chi connectivity index (χ2n) is 3.65. The lowest BCUT2D eigenvalue weighted by Crippen LogP contribution is -2.13. The highest BCUT2D eigenvalue weighted by Crippen LogP contribution is 2.26. The molecule has 2 aromatic rings. The molecule has 0 radical (unpaired) electrons. The number of aromatic nitrogens is 1. The zero-order valence-corrected chi connectivity index (χ0v) is 10.0. The maximum absolute atomic E-state index is 10.8. The molecule has 5 heteroatoms. The zero-order valence-electron chi connectivity index (χ0n) is 9.22. The predicted octanol–water partition coefficient (Wildman–Crippen LogP) is 1.30. The molecule has 1 heterocycles. The van der Waals surface area contributed by atoms with Crippen LogP contribution in [0.25, 0.3) is 10.6 Å². The molecule has 0 aliphatic rings. The Bertz CT molecular complexity index is 536. The molecule has 4 N–H and O–H groups in total. The molecule has 0 aliphatic carbocycles. The number of nitrogens with two attached hydrogens (primary N) is 2. The maximum Gasteiger partial charge on any atom is 0.223 e. The van der Waals surface area contributed by atoms with Crippen LogP contribution in [0.4, 0.5) is 0 Å². The monoisotopic (exact) mass is 247 g/mol. The number of thiazole rings is 1. The van der Waals surface area contributed by atoms with E-state index in [0.29, 0.717) is 12.2 Å². The van der Waals surface area contributed by atoms with Crippen molar-refractivity contribution in [2.75, 3.05) is 0 Å². The minimum Gasteiger partial charge on any atom is -0.369 e. The largest absolute Gasteiger partial charge is 0.369 e. The molecule has 17 heavy (non-hydrogen) atoms. The van der Waals surface area contributed by atoms with Crippen LogP contribution in [0.15, 0.2) is 29.6 Å². The van der Waals surface area contributed by atoms with Crippen LogP contribution in [0, 0.1) is 0 Å². The predicted molar refractivity (Wildman–Crippen MR) is 68.3 cm³/mol. The Balaban J connectivity index is 2.33. The van der Waals surface area contributed by atoms with Gasteiger partial charge in [0.1, 0.15) is 5.01 Å². The van der Waals surface area contributed by atoms with Gasteiger partial charge in [0.15, 0.2) is 0 Å². The summed E-state index contributed by atoms with van der Waals surface area (Å²) in [5, 5.41) is 2.73. The summed E-state index contributed by atoms with van der Waals surface area (Å²) in [6, 6.07) is 7.85. The third-order valence-electron chi connectivity index (χ3n) is 2.37. The number of rotatable bonds is 4. The van der Waals surface area contributed by atoms with E-state index in [4.69, 9.17) is 11.5 Å². The van der Waals surface area contributed by atoms with E-state index in [-0.39, 0.29) is 12.3 Å². The lowest BCUT2D eigenvalue weighted by molar-refractivity contribution is -0.117. The first kappa shape index (κ1) is 11.8.